The predicted molar refractivity (Wildman–Crippen MR) is 76.5 cm³/mol. The average molecular weight is 251 g/mol. The molecule has 0 aliphatic heterocycles. The number of hydrogen-bond donors (Lipinski definition) is 1. The Bertz CT molecular complexity index is 312. The van der Waals surface area contributed by atoms with Gasteiger partial charge < -0.3 is 5.32 Å². The van der Waals surface area contributed by atoms with Crippen LogP contribution in [0.4, 0.5) is 0 Å². The Kier molecular flexibility index (Phi) is 4.63. The summed E-state index contributed by atoms with van der Waals surface area (Å²) in [7, 11) is 0. The van der Waals surface area contributed by atoms with E-state index in [2.05, 4.69) is 36.0 Å². The summed E-state index contributed by atoms with van der Waals surface area (Å²) in [5.41, 5.74) is 2.04. The van der Waals surface area contributed by atoms with Crippen LogP contribution in [0.15, 0.2) is 16.8 Å². The number of hydrogen-bond acceptors (Lipinski definition) is 2. The van der Waals surface area contributed by atoms with Crippen molar-refractivity contribution in [3.63, 3.8) is 0 Å². The van der Waals surface area contributed by atoms with E-state index in [0.717, 1.165) is 6.54 Å². The molecule has 1 N–H and O–H groups in total. The van der Waals surface area contributed by atoms with Gasteiger partial charge >= 0.3 is 0 Å². The molecule has 0 aromatic carbocycles. The minimum Gasteiger partial charge on any atom is -0.309 e. The summed E-state index contributed by atoms with van der Waals surface area (Å²) < 4.78 is 0. The highest BCUT2D eigenvalue weighted by molar-refractivity contribution is 7.07. The molecule has 0 saturated heterocycles. The zero-order valence-electron chi connectivity index (χ0n) is 11.2. The van der Waals surface area contributed by atoms with Crippen molar-refractivity contribution >= 4 is 11.3 Å². The molecular weight excluding hydrogens is 226 g/mol. The molecule has 0 spiro atoms. The summed E-state index contributed by atoms with van der Waals surface area (Å²) in [4.78, 5) is 0. The molecule has 0 bridgehead atoms. The van der Waals surface area contributed by atoms with E-state index in [1.165, 1.54) is 44.1 Å². The molecule has 1 nitrogen and oxygen atoms in total. The SMILES string of the molecule is CCCNC(c1ccsc1)C1(CC)CCCC1. The first-order valence-corrected chi connectivity index (χ1v) is 8.02. The first kappa shape index (κ1) is 13.1. The van der Waals surface area contributed by atoms with E-state index in [-0.39, 0.29) is 0 Å². The maximum absolute atomic E-state index is 3.81. The molecule has 1 aromatic rings. The molecule has 1 aliphatic carbocycles. The van der Waals surface area contributed by atoms with E-state index in [1.807, 2.05) is 11.3 Å². The third-order valence-corrected chi connectivity index (χ3v) is 5.09. The smallest absolute Gasteiger partial charge is 0.0385 e. The Morgan fingerprint density at radius 1 is 1.35 bits per heavy atom. The molecule has 2 heteroatoms. The highest BCUT2D eigenvalue weighted by Gasteiger charge is 2.40. The molecule has 17 heavy (non-hydrogen) atoms. The topological polar surface area (TPSA) is 12.0 Å². The quantitative estimate of drug-likeness (QED) is 0.768. The Balaban J connectivity index is 2.19. The molecule has 0 radical (unpaired) electrons. The van der Waals surface area contributed by atoms with Crippen molar-refractivity contribution in [2.45, 2.75) is 58.4 Å². The molecule has 96 valence electrons. The van der Waals surface area contributed by atoms with Crippen molar-refractivity contribution in [1.82, 2.24) is 5.32 Å². The Morgan fingerprint density at radius 3 is 2.65 bits per heavy atom. The molecule has 1 fully saturated rings. The van der Waals surface area contributed by atoms with Crippen LogP contribution < -0.4 is 5.32 Å². The molecule has 1 aliphatic rings. The lowest BCUT2D eigenvalue weighted by atomic mass is 9.74. The van der Waals surface area contributed by atoms with E-state index < -0.39 is 0 Å². The first-order chi connectivity index (χ1) is 8.32. The molecule has 2 rings (SSSR count). The Labute approximate surface area is 110 Å². The van der Waals surface area contributed by atoms with Crippen LogP contribution in [-0.4, -0.2) is 6.54 Å². The minimum atomic E-state index is 0.524. The van der Waals surface area contributed by atoms with Gasteiger partial charge in [-0.2, -0.15) is 11.3 Å². The lowest BCUT2D eigenvalue weighted by Crippen LogP contribution is -2.36. The summed E-state index contributed by atoms with van der Waals surface area (Å²) in [5.74, 6) is 0. The Hall–Kier alpha value is -0.340. The van der Waals surface area contributed by atoms with Crippen molar-refractivity contribution < 1.29 is 0 Å². The van der Waals surface area contributed by atoms with Gasteiger partial charge in [0, 0.05) is 6.04 Å². The minimum absolute atomic E-state index is 0.524. The van der Waals surface area contributed by atoms with Gasteiger partial charge in [-0.05, 0) is 60.0 Å². The van der Waals surface area contributed by atoms with Crippen molar-refractivity contribution in [3.05, 3.63) is 22.4 Å². The normalized spacial score (nSPS) is 20.6. The molecule has 0 amide bonds. The van der Waals surface area contributed by atoms with Gasteiger partial charge in [0.15, 0.2) is 0 Å². The second-order valence-corrected chi connectivity index (χ2v) is 6.15. The summed E-state index contributed by atoms with van der Waals surface area (Å²) in [6.45, 7) is 5.77. The van der Waals surface area contributed by atoms with Gasteiger partial charge in [-0.1, -0.05) is 26.7 Å². The number of thiophene rings is 1. The predicted octanol–water partition coefficient (Wildman–Crippen LogP) is 4.76. The third-order valence-electron chi connectivity index (χ3n) is 4.39. The van der Waals surface area contributed by atoms with E-state index in [1.54, 1.807) is 0 Å². The maximum atomic E-state index is 3.81. The van der Waals surface area contributed by atoms with Crippen molar-refractivity contribution in [2.24, 2.45) is 5.41 Å². The van der Waals surface area contributed by atoms with Gasteiger partial charge in [0.05, 0.1) is 0 Å². The van der Waals surface area contributed by atoms with Crippen LogP contribution in [0.3, 0.4) is 0 Å². The zero-order valence-corrected chi connectivity index (χ0v) is 12.0. The molecular formula is C15H25NS. The van der Waals surface area contributed by atoms with Crippen LogP contribution in [0.25, 0.3) is 0 Å². The van der Waals surface area contributed by atoms with Crippen LogP contribution in [0.1, 0.15) is 64.0 Å². The van der Waals surface area contributed by atoms with Gasteiger partial charge in [0.25, 0.3) is 0 Å². The summed E-state index contributed by atoms with van der Waals surface area (Å²) >= 11 is 1.83. The average Bonchev–Trinajstić information content (AvgIpc) is 3.01. The number of nitrogens with one attached hydrogen (secondary N) is 1. The fraction of sp³-hybridized carbons (Fsp3) is 0.733. The summed E-state index contributed by atoms with van der Waals surface area (Å²) in [6.07, 6.45) is 8.18. The second kappa shape index (κ2) is 6.01. The highest BCUT2D eigenvalue weighted by Crippen LogP contribution is 2.50. The monoisotopic (exact) mass is 251 g/mol. The van der Waals surface area contributed by atoms with Gasteiger partial charge in [-0.25, -0.2) is 0 Å². The van der Waals surface area contributed by atoms with Crippen molar-refractivity contribution in [3.8, 4) is 0 Å². The lowest BCUT2D eigenvalue weighted by Gasteiger charge is -2.37. The van der Waals surface area contributed by atoms with Gasteiger partial charge in [-0.3, -0.25) is 0 Å². The highest BCUT2D eigenvalue weighted by atomic mass is 32.1. The zero-order chi connectivity index (χ0) is 12.1. The van der Waals surface area contributed by atoms with Gasteiger partial charge in [0.1, 0.15) is 0 Å². The molecule has 1 unspecified atom stereocenters. The molecule has 1 saturated carbocycles. The first-order valence-electron chi connectivity index (χ1n) is 7.08. The second-order valence-electron chi connectivity index (χ2n) is 5.37. The lowest BCUT2D eigenvalue weighted by molar-refractivity contribution is 0.187. The van der Waals surface area contributed by atoms with Crippen LogP contribution in [-0.2, 0) is 0 Å². The fourth-order valence-corrected chi connectivity index (χ4v) is 4.03. The van der Waals surface area contributed by atoms with E-state index in [9.17, 15) is 0 Å². The van der Waals surface area contributed by atoms with Crippen molar-refractivity contribution in [2.75, 3.05) is 6.54 Å². The summed E-state index contributed by atoms with van der Waals surface area (Å²) in [5, 5.41) is 8.37. The van der Waals surface area contributed by atoms with Crippen molar-refractivity contribution in [1.29, 1.82) is 0 Å². The maximum Gasteiger partial charge on any atom is 0.0385 e. The largest absolute Gasteiger partial charge is 0.309 e. The molecule has 1 aromatic heterocycles. The number of rotatable bonds is 6. The van der Waals surface area contributed by atoms with E-state index in [0.29, 0.717) is 11.5 Å². The van der Waals surface area contributed by atoms with Crippen LogP contribution in [0, 0.1) is 5.41 Å². The van der Waals surface area contributed by atoms with Crippen LogP contribution in [0.2, 0.25) is 0 Å². The standard InChI is InChI=1S/C15H25NS/c1-3-10-16-14(13-7-11-17-12-13)15(4-2)8-5-6-9-15/h7,11-12,14,16H,3-6,8-10H2,1-2H3. The van der Waals surface area contributed by atoms with Crippen LogP contribution >= 0.6 is 11.3 Å². The van der Waals surface area contributed by atoms with E-state index in [4.69, 9.17) is 0 Å². The Morgan fingerprint density at radius 2 is 2.12 bits per heavy atom. The summed E-state index contributed by atoms with van der Waals surface area (Å²) in [6, 6.07) is 2.90. The third kappa shape index (κ3) is 2.74. The fourth-order valence-electron chi connectivity index (χ4n) is 3.34. The van der Waals surface area contributed by atoms with Gasteiger partial charge in [-0.15, -0.1) is 0 Å². The van der Waals surface area contributed by atoms with Crippen LogP contribution in [0.5, 0.6) is 0 Å². The van der Waals surface area contributed by atoms with Gasteiger partial charge in [0.2, 0.25) is 0 Å². The molecule has 1 heterocycles. The van der Waals surface area contributed by atoms with E-state index >= 15 is 0 Å². The molecule has 1 atom stereocenters.